The molecule has 3 rings (SSSR count). The number of methoxy groups -OCH3 is 2. The molecule has 3 aromatic carbocycles. The van der Waals surface area contributed by atoms with Crippen molar-refractivity contribution in [3.8, 4) is 11.5 Å². The Balaban J connectivity index is 1.87. The van der Waals surface area contributed by atoms with Crippen LogP contribution in [0.3, 0.4) is 0 Å². The number of halogens is 2. The van der Waals surface area contributed by atoms with Gasteiger partial charge in [-0.15, -0.1) is 0 Å². The quantitative estimate of drug-likeness (QED) is 0.498. The molecule has 0 aliphatic carbocycles. The summed E-state index contributed by atoms with van der Waals surface area (Å²) in [5.74, 6) is -0.631. The van der Waals surface area contributed by atoms with Gasteiger partial charge in [-0.25, -0.2) is 12.8 Å². The predicted octanol–water partition coefficient (Wildman–Crippen LogP) is 4.48. The highest BCUT2D eigenvalue weighted by molar-refractivity contribution is 7.92. The third kappa shape index (κ3) is 5.30. The molecule has 0 spiro atoms. The Labute approximate surface area is 190 Å². The molecule has 168 valence electrons. The number of benzene rings is 3. The van der Waals surface area contributed by atoms with E-state index in [0.717, 1.165) is 0 Å². The van der Waals surface area contributed by atoms with Crippen LogP contribution >= 0.6 is 11.6 Å². The molecule has 0 bridgehead atoms. The molecule has 0 heterocycles. The number of anilines is 2. The summed E-state index contributed by atoms with van der Waals surface area (Å²) in [5.41, 5.74) is 0.394. The third-order valence-corrected chi connectivity index (χ3v) is 6.22. The number of carbonyl (C=O) groups is 1. The third-order valence-electron chi connectivity index (χ3n) is 4.51. The molecule has 0 saturated carbocycles. The summed E-state index contributed by atoms with van der Waals surface area (Å²) < 4.78 is 52.6. The van der Waals surface area contributed by atoms with Gasteiger partial charge in [-0.2, -0.15) is 0 Å². The highest BCUT2D eigenvalue weighted by atomic mass is 35.5. The lowest BCUT2D eigenvalue weighted by atomic mass is 10.1. The highest BCUT2D eigenvalue weighted by Crippen LogP contribution is 2.31. The lowest BCUT2D eigenvalue weighted by Gasteiger charge is -2.15. The van der Waals surface area contributed by atoms with Crippen molar-refractivity contribution in [1.82, 2.24) is 0 Å². The Morgan fingerprint density at radius 1 is 0.969 bits per heavy atom. The van der Waals surface area contributed by atoms with Gasteiger partial charge in [0.2, 0.25) is 5.91 Å². The number of rotatable bonds is 8. The van der Waals surface area contributed by atoms with E-state index in [-0.39, 0.29) is 39.0 Å². The second-order valence-electron chi connectivity index (χ2n) is 6.59. The summed E-state index contributed by atoms with van der Waals surface area (Å²) in [5, 5.41) is 2.67. The molecule has 0 unspecified atom stereocenters. The highest BCUT2D eigenvalue weighted by Gasteiger charge is 2.20. The van der Waals surface area contributed by atoms with Crippen molar-refractivity contribution in [2.45, 2.75) is 11.3 Å². The van der Waals surface area contributed by atoms with Crippen LogP contribution in [0.1, 0.15) is 5.56 Å². The molecule has 0 saturated heterocycles. The van der Waals surface area contributed by atoms with E-state index >= 15 is 0 Å². The molecular formula is C22H20ClFN2O5S. The molecule has 0 fully saturated rings. The molecule has 0 aromatic heterocycles. The summed E-state index contributed by atoms with van der Waals surface area (Å²) in [7, 11) is -1.22. The summed E-state index contributed by atoms with van der Waals surface area (Å²) in [6.07, 6.45) is -0.342. The lowest BCUT2D eigenvalue weighted by molar-refractivity contribution is -0.115. The number of ether oxygens (including phenoxy) is 2. The maximum Gasteiger partial charge on any atom is 0.262 e. The SMILES string of the molecule is COc1ccc(S(=O)(=O)Nc2ccccc2OC)cc1NC(=O)Cc1c(F)cccc1Cl. The number of hydrogen-bond donors (Lipinski definition) is 2. The van der Waals surface area contributed by atoms with Gasteiger partial charge in [0.25, 0.3) is 10.0 Å². The van der Waals surface area contributed by atoms with E-state index in [1.807, 2.05) is 0 Å². The molecule has 0 radical (unpaired) electrons. The Morgan fingerprint density at radius 2 is 1.66 bits per heavy atom. The fourth-order valence-corrected chi connectivity index (χ4v) is 4.27. The van der Waals surface area contributed by atoms with E-state index in [2.05, 4.69) is 10.0 Å². The van der Waals surface area contributed by atoms with Gasteiger partial charge in [0.15, 0.2) is 0 Å². The van der Waals surface area contributed by atoms with Crippen LogP contribution in [0.2, 0.25) is 5.02 Å². The van der Waals surface area contributed by atoms with Crippen LogP contribution in [0.15, 0.2) is 65.6 Å². The van der Waals surface area contributed by atoms with E-state index in [9.17, 15) is 17.6 Å². The Bertz CT molecular complexity index is 1230. The molecular weight excluding hydrogens is 459 g/mol. The first-order chi connectivity index (χ1) is 15.2. The smallest absolute Gasteiger partial charge is 0.262 e. The van der Waals surface area contributed by atoms with Gasteiger partial charge in [-0.05, 0) is 42.5 Å². The molecule has 32 heavy (non-hydrogen) atoms. The minimum atomic E-state index is -4.02. The zero-order valence-corrected chi connectivity index (χ0v) is 18.8. The average Bonchev–Trinajstić information content (AvgIpc) is 2.76. The van der Waals surface area contributed by atoms with Crippen molar-refractivity contribution < 1.29 is 27.1 Å². The topological polar surface area (TPSA) is 93.7 Å². The van der Waals surface area contributed by atoms with Crippen LogP contribution in [-0.4, -0.2) is 28.5 Å². The lowest BCUT2D eigenvalue weighted by Crippen LogP contribution is -2.18. The van der Waals surface area contributed by atoms with Crippen LogP contribution in [-0.2, 0) is 21.2 Å². The molecule has 0 aliphatic rings. The van der Waals surface area contributed by atoms with Gasteiger partial charge in [0.1, 0.15) is 17.3 Å². The molecule has 7 nitrogen and oxygen atoms in total. The van der Waals surface area contributed by atoms with Crippen molar-refractivity contribution in [2.24, 2.45) is 0 Å². The van der Waals surface area contributed by atoms with Gasteiger partial charge in [0, 0.05) is 10.6 Å². The van der Waals surface area contributed by atoms with Crippen molar-refractivity contribution in [1.29, 1.82) is 0 Å². The molecule has 10 heteroatoms. The summed E-state index contributed by atoms with van der Waals surface area (Å²) >= 11 is 5.98. The minimum absolute atomic E-state index is 0.0345. The number of amides is 1. The van der Waals surface area contributed by atoms with E-state index in [0.29, 0.717) is 5.75 Å². The molecule has 0 aliphatic heterocycles. The van der Waals surface area contributed by atoms with Crippen LogP contribution in [0, 0.1) is 5.82 Å². The molecule has 2 N–H and O–H groups in total. The molecule has 1 amide bonds. The standard InChI is InChI=1S/C22H20ClFN2O5S/c1-30-20-9-4-3-8-18(20)26-32(28,29)14-10-11-21(31-2)19(12-14)25-22(27)13-15-16(23)6-5-7-17(15)24/h3-12,26H,13H2,1-2H3,(H,25,27). The fraction of sp³-hybridized carbons (Fsp3) is 0.136. The van der Waals surface area contributed by atoms with Gasteiger partial charge < -0.3 is 14.8 Å². The van der Waals surface area contributed by atoms with Crippen molar-refractivity contribution in [3.63, 3.8) is 0 Å². The number of hydrogen-bond acceptors (Lipinski definition) is 5. The van der Waals surface area contributed by atoms with Gasteiger partial charge in [-0.1, -0.05) is 29.8 Å². The second kappa shape index (κ2) is 9.88. The van der Waals surface area contributed by atoms with Gasteiger partial charge >= 0.3 is 0 Å². The van der Waals surface area contributed by atoms with Crippen molar-refractivity contribution in [3.05, 3.63) is 77.1 Å². The molecule has 0 atom stereocenters. The van der Waals surface area contributed by atoms with Crippen molar-refractivity contribution in [2.75, 3.05) is 24.3 Å². The van der Waals surface area contributed by atoms with E-state index in [1.165, 1.54) is 50.6 Å². The summed E-state index contributed by atoms with van der Waals surface area (Å²) in [4.78, 5) is 12.4. The Morgan fingerprint density at radius 3 is 2.34 bits per heavy atom. The maximum absolute atomic E-state index is 14.0. The van der Waals surface area contributed by atoms with Gasteiger partial charge in [0.05, 0.1) is 36.9 Å². The first-order valence-corrected chi connectivity index (χ1v) is 11.2. The number of sulfonamides is 1. The number of nitrogens with one attached hydrogen (secondary N) is 2. The predicted molar refractivity (Wildman–Crippen MR) is 121 cm³/mol. The van der Waals surface area contributed by atoms with Crippen LogP contribution in [0.25, 0.3) is 0 Å². The Hall–Kier alpha value is -3.30. The Kier molecular flexibility index (Phi) is 7.22. The van der Waals surface area contributed by atoms with E-state index < -0.39 is 21.7 Å². The summed E-state index contributed by atoms with van der Waals surface area (Å²) in [6.45, 7) is 0. The van der Waals surface area contributed by atoms with Gasteiger partial charge in [-0.3, -0.25) is 9.52 Å². The minimum Gasteiger partial charge on any atom is -0.495 e. The largest absolute Gasteiger partial charge is 0.495 e. The van der Waals surface area contributed by atoms with Crippen LogP contribution in [0.5, 0.6) is 11.5 Å². The number of carbonyl (C=O) groups excluding carboxylic acids is 1. The van der Waals surface area contributed by atoms with Crippen molar-refractivity contribution >= 4 is 38.9 Å². The second-order valence-corrected chi connectivity index (χ2v) is 8.68. The monoisotopic (exact) mass is 478 g/mol. The average molecular weight is 479 g/mol. The zero-order chi connectivity index (χ0) is 23.3. The van der Waals surface area contributed by atoms with Crippen LogP contribution in [0.4, 0.5) is 15.8 Å². The fourth-order valence-electron chi connectivity index (χ4n) is 2.94. The molecule has 3 aromatic rings. The van der Waals surface area contributed by atoms with Crippen LogP contribution < -0.4 is 19.5 Å². The zero-order valence-electron chi connectivity index (χ0n) is 17.2. The normalized spacial score (nSPS) is 11.0. The summed E-state index contributed by atoms with van der Waals surface area (Å²) in [6, 6.07) is 14.6. The first-order valence-electron chi connectivity index (χ1n) is 9.31. The maximum atomic E-state index is 14.0. The van der Waals surface area contributed by atoms with E-state index in [4.69, 9.17) is 21.1 Å². The first kappa shape index (κ1) is 23.4. The van der Waals surface area contributed by atoms with E-state index in [1.54, 1.807) is 24.3 Å². The number of para-hydroxylation sites is 2.